The van der Waals surface area contributed by atoms with Crippen molar-refractivity contribution in [2.75, 3.05) is 11.5 Å². The van der Waals surface area contributed by atoms with Gasteiger partial charge in [-0.3, -0.25) is 4.79 Å². The maximum Gasteiger partial charge on any atom is 0.333 e. The number of halogens is 2. The second-order valence-electron chi connectivity index (χ2n) is 5.39. The quantitative estimate of drug-likeness (QED) is 0.603. The molecule has 2 aromatic rings. The zero-order valence-corrected chi connectivity index (χ0v) is 15.1. The molecule has 0 saturated carbocycles. The van der Waals surface area contributed by atoms with Crippen molar-refractivity contribution in [3.8, 4) is 11.5 Å². The van der Waals surface area contributed by atoms with Crippen molar-refractivity contribution in [3.05, 3.63) is 57.7 Å². The number of ether oxygens (including phenoxy) is 1. The number of rotatable bonds is 4. The number of amides is 3. The minimum Gasteiger partial charge on any atom is -0.503 e. The Morgan fingerprint density at radius 2 is 1.88 bits per heavy atom. The van der Waals surface area contributed by atoms with E-state index in [2.05, 4.69) is 5.32 Å². The second kappa shape index (κ2) is 7.27. The molecule has 1 heterocycles. The molecule has 0 radical (unpaired) electrons. The molecule has 2 N–H and O–H groups in total. The van der Waals surface area contributed by atoms with Crippen molar-refractivity contribution in [2.45, 2.75) is 6.92 Å². The predicted molar refractivity (Wildman–Crippen MR) is 99.7 cm³/mol. The first-order valence-corrected chi connectivity index (χ1v) is 8.44. The molecule has 0 bridgehead atoms. The molecule has 3 rings (SSSR count). The van der Waals surface area contributed by atoms with Crippen LogP contribution in [0.1, 0.15) is 12.5 Å². The number of nitrogens with one attached hydrogen (secondary N) is 1. The molecule has 1 aliphatic heterocycles. The minimum absolute atomic E-state index is 0.0779. The highest BCUT2D eigenvalue weighted by atomic mass is 35.5. The SMILES string of the molecule is CCOc1cc(/C=C2/NC(=O)N(c3ccc(Cl)cc3)C2=O)cc(Cl)c1O. The molecule has 1 fully saturated rings. The summed E-state index contributed by atoms with van der Waals surface area (Å²) in [6.07, 6.45) is 1.46. The Kier molecular flexibility index (Phi) is 5.06. The lowest BCUT2D eigenvalue weighted by molar-refractivity contribution is -0.113. The monoisotopic (exact) mass is 392 g/mol. The fourth-order valence-electron chi connectivity index (χ4n) is 2.47. The Hall–Kier alpha value is -2.70. The van der Waals surface area contributed by atoms with Crippen molar-refractivity contribution >= 4 is 46.9 Å². The van der Waals surface area contributed by atoms with Gasteiger partial charge in [-0.1, -0.05) is 23.2 Å². The molecule has 0 aromatic heterocycles. The molecule has 2 aromatic carbocycles. The van der Waals surface area contributed by atoms with Crippen LogP contribution in [0.2, 0.25) is 10.0 Å². The number of carbonyl (C=O) groups excluding carboxylic acids is 2. The number of phenolic OH excluding ortho intramolecular Hbond substituents is 1. The van der Waals surface area contributed by atoms with E-state index in [1.54, 1.807) is 31.2 Å². The van der Waals surface area contributed by atoms with Crippen LogP contribution in [0.4, 0.5) is 10.5 Å². The van der Waals surface area contributed by atoms with E-state index in [0.717, 1.165) is 4.90 Å². The molecule has 1 saturated heterocycles. The molecular weight excluding hydrogens is 379 g/mol. The number of hydrogen-bond donors (Lipinski definition) is 2. The molecule has 3 amide bonds. The van der Waals surface area contributed by atoms with Crippen LogP contribution in [0.15, 0.2) is 42.1 Å². The van der Waals surface area contributed by atoms with Crippen molar-refractivity contribution in [2.24, 2.45) is 0 Å². The van der Waals surface area contributed by atoms with Crippen LogP contribution in [0, 0.1) is 0 Å². The van der Waals surface area contributed by atoms with Gasteiger partial charge >= 0.3 is 6.03 Å². The Morgan fingerprint density at radius 1 is 1.19 bits per heavy atom. The molecule has 0 atom stereocenters. The number of urea groups is 1. The summed E-state index contributed by atoms with van der Waals surface area (Å²) in [6.45, 7) is 2.10. The summed E-state index contributed by atoms with van der Waals surface area (Å²) >= 11 is 11.8. The van der Waals surface area contributed by atoms with E-state index in [4.69, 9.17) is 27.9 Å². The first kappa shape index (κ1) is 18.1. The van der Waals surface area contributed by atoms with Gasteiger partial charge in [0.15, 0.2) is 11.5 Å². The van der Waals surface area contributed by atoms with Gasteiger partial charge in [0.1, 0.15) is 5.70 Å². The fourth-order valence-corrected chi connectivity index (χ4v) is 2.81. The Balaban J connectivity index is 1.94. The zero-order valence-electron chi connectivity index (χ0n) is 13.6. The number of aromatic hydroxyl groups is 1. The van der Waals surface area contributed by atoms with Crippen molar-refractivity contribution < 1.29 is 19.4 Å². The Bertz CT molecular complexity index is 910. The van der Waals surface area contributed by atoms with Crippen LogP contribution in [0.3, 0.4) is 0 Å². The minimum atomic E-state index is -0.571. The average molecular weight is 393 g/mol. The molecular formula is C18H14Cl2N2O4. The summed E-state index contributed by atoms with van der Waals surface area (Å²) in [5.74, 6) is -0.502. The van der Waals surface area contributed by atoms with E-state index in [1.165, 1.54) is 18.2 Å². The summed E-state index contributed by atoms with van der Waals surface area (Å²) < 4.78 is 5.31. The molecule has 1 aliphatic rings. The topological polar surface area (TPSA) is 78.9 Å². The van der Waals surface area contributed by atoms with Crippen LogP contribution in [0.5, 0.6) is 11.5 Å². The molecule has 26 heavy (non-hydrogen) atoms. The zero-order chi connectivity index (χ0) is 18.8. The van der Waals surface area contributed by atoms with E-state index in [0.29, 0.717) is 22.9 Å². The van der Waals surface area contributed by atoms with Gasteiger partial charge in [-0.05, 0) is 55.0 Å². The number of phenols is 1. The van der Waals surface area contributed by atoms with Crippen LogP contribution in [-0.4, -0.2) is 23.7 Å². The van der Waals surface area contributed by atoms with Crippen molar-refractivity contribution in [1.29, 1.82) is 0 Å². The van der Waals surface area contributed by atoms with Gasteiger partial charge in [-0.25, -0.2) is 9.69 Å². The average Bonchev–Trinajstić information content (AvgIpc) is 2.87. The number of hydrogen-bond acceptors (Lipinski definition) is 4. The lowest BCUT2D eigenvalue weighted by atomic mass is 10.1. The first-order chi connectivity index (χ1) is 12.4. The highest BCUT2D eigenvalue weighted by Gasteiger charge is 2.34. The fraction of sp³-hybridized carbons (Fsp3) is 0.111. The third-order valence-electron chi connectivity index (χ3n) is 3.62. The molecule has 0 aliphatic carbocycles. The van der Waals surface area contributed by atoms with E-state index < -0.39 is 11.9 Å². The van der Waals surface area contributed by atoms with Crippen molar-refractivity contribution in [3.63, 3.8) is 0 Å². The van der Waals surface area contributed by atoms with Gasteiger partial charge in [-0.15, -0.1) is 0 Å². The standard InChI is InChI=1S/C18H14Cl2N2O4/c1-2-26-15-9-10(7-13(20)16(15)23)8-14-17(24)22(18(25)21-14)12-5-3-11(19)4-6-12/h3-9,23H,2H2,1H3,(H,21,25)/b14-8+. The van der Waals surface area contributed by atoms with Crippen LogP contribution < -0.4 is 15.0 Å². The summed E-state index contributed by atoms with van der Waals surface area (Å²) in [4.78, 5) is 25.8. The van der Waals surface area contributed by atoms with Gasteiger partial charge in [0.2, 0.25) is 0 Å². The van der Waals surface area contributed by atoms with Gasteiger partial charge in [0, 0.05) is 5.02 Å². The lowest BCUT2D eigenvalue weighted by Gasteiger charge is -2.11. The first-order valence-electron chi connectivity index (χ1n) is 7.68. The largest absolute Gasteiger partial charge is 0.503 e. The maximum atomic E-state index is 12.6. The molecule has 0 unspecified atom stereocenters. The summed E-state index contributed by atoms with van der Waals surface area (Å²) in [5.41, 5.74) is 0.978. The van der Waals surface area contributed by atoms with Gasteiger partial charge < -0.3 is 15.2 Å². The maximum absolute atomic E-state index is 12.6. The van der Waals surface area contributed by atoms with E-state index in [1.807, 2.05) is 0 Å². The van der Waals surface area contributed by atoms with Gasteiger partial charge in [-0.2, -0.15) is 0 Å². The predicted octanol–water partition coefficient (Wildman–Crippen LogP) is 4.20. The summed E-state index contributed by atoms with van der Waals surface area (Å²) in [7, 11) is 0. The number of benzene rings is 2. The van der Waals surface area contributed by atoms with E-state index >= 15 is 0 Å². The van der Waals surface area contributed by atoms with Gasteiger partial charge in [0.05, 0.1) is 17.3 Å². The lowest BCUT2D eigenvalue weighted by Crippen LogP contribution is -2.30. The number of carbonyl (C=O) groups is 2. The van der Waals surface area contributed by atoms with Crippen LogP contribution in [-0.2, 0) is 4.79 Å². The third-order valence-corrected chi connectivity index (χ3v) is 4.16. The summed E-state index contributed by atoms with van der Waals surface area (Å²) in [6, 6.07) is 8.76. The highest BCUT2D eigenvalue weighted by molar-refractivity contribution is 6.33. The number of imide groups is 1. The van der Waals surface area contributed by atoms with Crippen LogP contribution >= 0.6 is 23.2 Å². The van der Waals surface area contributed by atoms with Crippen LogP contribution in [0.25, 0.3) is 6.08 Å². The normalized spacial score (nSPS) is 15.5. The molecule has 0 spiro atoms. The number of nitrogens with zero attached hydrogens (tertiary/aromatic N) is 1. The Morgan fingerprint density at radius 3 is 2.54 bits per heavy atom. The van der Waals surface area contributed by atoms with E-state index in [9.17, 15) is 14.7 Å². The third kappa shape index (κ3) is 3.47. The molecule has 6 nitrogen and oxygen atoms in total. The molecule has 8 heteroatoms. The Labute approximate surface area is 159 Å². The van der Waals surface area contributed by atoms with Gasteiger partial charge in [0.25, 0.3) is 5.91 Å². The number of anilines is 1. The highest BCUT2D eigenvalue weighted by Crippen LogP contribution is 2.36. The van der Waals surface area contributed by atoms with E-state index in [-0.39, 0.29) is 22.2 Å². The van der Waals surface area contributed by atoms with Crippen molar-refractivity contribution in [1.82, 2.24) is 5.32 Å². The second-order valence-corrected chi connectivity index (χ2v) is 6.23. The smallest absolute Gasteiger partial charge is 0.333 e. The molecule has 134 valence electrons. The summed E-state index contributed by atoms with van der Waals surface area (Å²) in [5, 5.41) is 13.0.